The fourth-order valence-corrected chi connectivity index (χ4v) is 5.90. The van der Waals surface area contributed by atoms with Gasteiger partial charge in [0.15, 0.2) is 0 Å². The zero-order valence-corrected chi connectivity index (χ0v) is 19.9. The average molecular weight is 499 g/mol. The van der Waals surface area contributed by atoms with E-state index < -0.39 is 0 Å². The molecule has 1 fully saturated rings. The second-order valence-electron chi connectivity index (χ2n) is 8.01. The van der Waals surface area contributed by atoms with Crippen molar-refractivity contribution in [2.75, 3.05) is 32.8 Å². The normalized spacial score (nSPS) is 15.4. The predicted octanol–water partition coefficient (Wildman–Crippen LogP) is 3.52. The van der Waals surface area contributed by atoms with Crippen molar-refractivity contribution >= 4 is 38.8 Å². The largest absolute Gasteiger partial charge is 0.379 e. The summed E-state index contributed by atoms with van der Waals surface area (Å²) in [7, 11) is 0. The van der Waals surface area contributed by atoms with Gasteiger partial charge in [0.2, 0.25) is 5.91 Å². The van der Waals surface area contributed by atoms with Gasteiger partial charge in [-0.05, 0) is 29.1 Å². The molecule has 1 aliphatic heterocycles. The molecule has 4 heterocycles. The summed E-state index contributed by atoms with van der Waals surface area (Å²) in [5, 5.41) is 7.36. The summed E-state index contributed by atoms with van der Waals surface area (Å²) in [6.07, 6.45) is 1.42. The van der Waals surface area contributed by atoms with E-state index in [0.29, 0.717) is 43.1 Å². The molecule has 0 aliphatic carbocycles. The van der Waals surface area contributed by atoms with Gasteiger partial charge in [0.05, 0.1) is 31.0 Å². The van der Waals surface area contributed by atoms with Crippen LogP contribution in [0.2, 0.25) is 0 Å². The van der Waals surface area contributed by atoms with E-state index in [1.54, 1.807) is 17.4 Å². The molecule has 4 aromatic rings. The number of benzene rings is 1. The summed E-state index contributed by atoms with van der Waals surface area (Å²) >= 11 is 2.98. The summed E-state index contributed by atoms with van der Waals surface area (Å²) in [6, 6.07) is 10.2. The third-order valence-electron chi connectivity index (χ3n) is 5.87. The topological polar surface area (TPSA) is 76.5 Å². The van der Waals surface area contributed by atoms with E-state index in [2.05, 4.69) is 15.2 Å². The molecule has 34 heavy (non-hydrogen) atoms. The lowest BCUT2D eigenvalue weighted by Crippen LogP contribution is -2.44. The van der Waals surface area contributed by atoms with Crippen LogP contribution in [0.1, 0.15) is 11.6 Å². The summed E-state index contributed by atoms with van der Waals surface area (Å²) in [6.45, 7) is 2.73. The second kappa shape index (κ2) is 10.1. The second-order valence-corrected chi connectivity index (χ2v) is 9.81. The molecule has 10 heteroatoms. The van der Waals surface area contributed by atoms with Gasteiger partial charge < -0.3 is 10.1 Å². The van der Waals surface area contributed by atoms with Gasteiger partial charge in [-0.3, -0.25) is 19.1 Å². The molecule has 0 radical (unpaired) electrons. The minimum absolute atomic E-state index is 0.138. The number of rotatable bonds is 7. The Balaban J connectivity index is 1.33. The Kier molecular flexibility index (Phi) is 6.82. The Morgan fingerprint density at radius 3 is 2.82 bits per heavy atom. The van der Waals surface area contributed by atoms with E-state index in [1.165, 1.54) is 34.4 Å². The van der Waals surface area contributed by atoms with Crippen LogP contribution in [0, 0.1) is 5.82 Å². The van der Waals surface area contributed by atoms with Crippen molar-refractivity contribution in [1.29, 1.82) is 0 Å². The molecule has 0 bridgehead atoms. The number of aromatic nitrogens is 2. The van der Waals surface area contributed by atoms with Crippen LogP contribution in [0.25, 0.3) is 20.7 Å². The molecule has 176 valence electrons. The number of hydrogen-bond acceptors (Lipinski definition) is 7. The Bertz CT molecular complexity index is 1350. The molecule has 1 aliphatic rings. The number of fused-ring (bicyclic) bond motifs is 1. The van der Waals surface area contributed by atoms with Gasteiger partial charge >= 0.3 is 0 Å². The summed E-state index contributed by atoms with van der Waals surface area (Å²) < 4.78 is 20.7. The Hall–Kier alpha value is -2.92. The highest BCUT2D eigenvalue weighted by atomic mass is 32.1. The maximum atomic E-state index is 13.9. The summed E-state index contributed by atoms with van der Waals surface area (Å²) in [4.78, 5) is 34.2. The number of hydrogen-bond donors (Lipinski definition) is 1. The van der Waals surface area contributed by atoms with Gasteiger partial charge in [-0.15, -0.1) is 22.7 Å². The first-order chi connectivity index (χ1) is 16.6. The number of nitrogens with one attached hydrogen (secondary N) is 1. The summed E-state index contributed by atoms with van der Waals surface area (Å²) in [5.41, 5.74) is 1.40. The van der Waals surface area contributed by atoms with Crippen molar-refractivity contribution in [3.8, 4) is 10.4 Å². The van der Waals surface area contributed by atoms with Crippen LogP contribution >= 0.6 is 22.7 Å². The Morgan fingerprint density at radius 2 is 2.06 bits per heavy atom. The zero-order chi connectivity index (χ0) is 23.5. The van der Waals surface area contributed by atoms with Gasteiger partial charge in [0.1, 0.15) is 17.2 Å². The Labute approximate surface area is 203 Å². The molecular weight excluding hydrogens is 475 g/mol. The lowest BCUT2D eigenvalue weighted by atomic mass is 10.0. The van der Waals surface area contributed by atoms with Gasteiger partial charge in [0, 0.05) is 35.5 Å². The van der Waals surface area contributed by atoms with Crippen molar-refractivity contribution in [1.82, 2.24) is 19.8 Å². The number of amides is 1. The van der Waals surface area contributed by atoms with Crippen LogP contribution in [-0.4, -0.2) is 53.2 Å². The average Bonchev–Trinajstić information content (AvgIpc) is 3.52. The van der Waals surface area contributed by atoms with Crippen molar-refractivity contribution < 1.29 is 13.9 Å². The van der Waals surface area contributed by atoms with Crippen LogP contribution in [0.4, 0.5) is 4.39 Å². The molecule has 1 saturated heterocycles. The molecule has 0 saturated carbocycles. The van der Waals surface area contributed by atoms with E-state index in [-0.39, 0.29) is 29.9 Å². The molecule has 7 nitrogen and oxygen atoms in total. The maximum Gasteiger partial charge on any atom is 0.263 e. The molecule has 1 aromatic carbocycles. The fraction of sp³-hybridized carbons (Fsp3) is 0.292. The van der Waals surface area contributed by atoms with Crippen LogP contribution in [0.3, 0.4) is 0 Å². The van der Waals surface area contributed by atoms with E-state index >= 15 is 0 Å². The highest BCUT2D eigenvalue weighted by Crippen LogP contribution is 2.33. The first-order valence-corrected chi connectivity index (χ1v) is 12.7. The van der Waals surface area contributed by atoms with E-state index in [0.717, 1.165) is 16.0 Å². The monoisotopic (exact) mass is 498 g/mol. The lowest BCUT2D eigenvalue weighted by molar-refractivity contribution is -0.122. The molecule has 5 rings (SSSR count). The predicted molar refractivity (Wildman–Crippen MR) is 132 cm³/mol. The molecule has 1 amide bonds. The van der Waals surface area contributed by atoms with Crippen molar-refractivity contribution in [2.45, 2.75) is 12.6 Å². The van der Waals surface area contributed by atoms with Crippen molar-refractivity contribution in [2.24, 2.45) is 0 Å². The van der Waals surface area contributed by atoms with Gasteiger partial charge in [-0.25, -0.2) is 9.37 Å². The van der Waals surface area contributed by atoms with E-state index in [9.17, 15) is 14.0 Å². The minimum Gasteiger partial charge on any atom is -0.379 e. The van der Waals surface area contributed by atoms with Gasteiger partial charge in [-0.2, -0.15) is 0 Å². The molecule has 1 unspecified atom stereocenters. The number of morpholine rings is 1. The molecular formula is C24H23FN4O3S2. The standard InChI is InChI=1S/C24H23FN4O3S2/c25-17-4-1-3-16(11-17)19(28-6-8-32-9-7-28)12-26-21(30)13-29-15-27-23-22(24(29)31)18(14-34-23)20-5-2-10-33-20/h1-5,10-11,14-15,19H,6-9,12-13H2,(H,26,30). The van der Waals surface area contributed by atoms with Crippen LogP contribution in [-0.2, 0) is 16.1 Å². The van der Waals surface area contributed by atoms with Crippen LogP contribution < -0.4 is 10.9 Å². The molecule has 1 N–H and O–H groups in total. The first kappa shape index (κ1) is 22.9. The van der Waals surface area contributed by atoms with Crippen LogP contribution in [0.15, 0.2) is 58.3 Å². The molecule has 1 atom stereocenters. The number of carbonyl (C=O) groups is 1. The first-order valence-electron chi connectivity index (χ1n) is 10.9. The quantitative estimate of drug-likeness (QED) is 0.422. The molecule has 0 spiro atoms. The van der Waals surface area contributed by atoms with Crippen molar-refractivity contribution in [3.05, 3.63) is 75.2 Å². The highest BCUT2D eigenvalue weighted by Gasteiger charge is 2.24. The lowest BCUT2D eigenvalue weighted by Gasteiger charge is -2.35. The molecule has 3 aromatic heterocycles. The van der Waals surface area contributed by atoms with E-state index in [4.69, 9.17) is 4.74 Å². The number of thiophene rings is 2. The Morgan fingerprint density at radius 1 is 1.21 bits per heavy atom. The number of ether oxygens (including phenoxy) is 1. The third kappa shape index (κ3) is 4.80. The minimum atomic E-state index is -0.315. The maximum absolute atomic E-state index is 13.9. The van der Waals surface area contributed by atoms with Crippen molar-refractivity contribution in [3.63, 3.8) is 0 Å². The summed E-state index contributed by atoms with van der Waals surface area (Å²) in [5.74, 6) is -0.615. The van der Waals surface area contributed by atoms with Crippen LogP contribution in [0.5, 0.6) is 0 Å². The number of halogens is 1. The number of nitrogens with zero attached hydrogens (tertiary/aromatic N) is 3. The SMILES string of the molecule is O=C(Cn1cnc2scc(-c3cccs3)c2c1=O)NCC(c1cccc(F)c1)N1CCOCC1. The zero-order valence-electron chi connectivity index (χ0n) is 18.3. The van der Waals surface area contributed by atoms with Gasteiger partial charge in [0.25, 0.3) is 5.56 Å². The van der Waals surface area contributed by atoms with E-state index in [1.807, 2.05) is 29.0 Å². The number of carbonyl (C=O) groups excluding carboxylic acids is 1. The highest BCUT2D eigenvalue weighted by molar-refractivity contribution is 7.18. The third-order valence-corrected chi connectivity index (χ3v) is 7.66. The smallest absolute Gasteiger partial charge is 0.263 e. The fourth-order valence-electron chi connectivity index (χ4n) is 4.18. The van der Waals surface area contributed by atoms with Gasteiger partial charge in [-0.1, -0.05) is 18.2 Å².